The van der Waals surface area contributed by atoms with Crippen molar-refractivity contribution in [3.63, 3.8) is 0 Å². The number of nitrogens with zero attached hydrogens (tertiary/aromatic N) is 2. The molecule has 1 saturated heterocycles. The molecule has 1 unspecified atom stereocenters. The van der Waals surface area contributed by atoms with Gasteiger partial charge in [0.15, 0.2) is 0 Å². The zero-order valence-corrected chi connectivity index (χ0v) is 12.8. The Morgan fingerprint density at radius 3 is 2.65 bits per heavy atom. The largest absolute Gasteiger partial charge is 0.345 e. The van der Waals surface area contributed by atoms with Crippen molar-refractivity contribution in [3.05, 3.63) is 15.6 Å². The highest BCUT2D eigenvalue weighted by Crippen LogP contribution is 2.44. The molecular formula is C14H19N3O2S. The van der Waals surface area contributed by atoms with Crippen LogP contribution in [-0.2, 0) is 16.1 Å². The van der Waals surface area contributed by atoms with Crippen LogP contribution in [0.3, 0.4) is 0 Å². The molecule has 5 nitrogen and oxygen atoms in total. The lowest BCUT2D eigenvalue weighted by Crippen LogP contribution is -2.66. The molecule has 2 heterocycles. The summed E-state index contributed by atoms with van der Waals surface area (Å²) in [4.78, 5) is 32.0. The van der Waals surface area contributed by atoms with Crippen molar-refractivity contribution >= 4 is 23.2 Å². The number of hydrogen-bond acceptors (Lipinski definition) is 4. The number of nitrogens with one attached hydrogen (secondary N) is 1. The van der Waals surface area contributed by atoms with Gasteiger partial charge < -0.3 is 10.2 Å². The van der Waals surface area contributed by atoms with Gasteiger partial charge in [-0.2, -0.15) is 0 Å². The summed E-state index contributed by atoms with van der Waals surface area (Å²) in [5, 5.41) is 3.64. The van der Waals surface area contributed by atoms with Crippen LogP contribution in [0.1, 0.15) is 35.3 Å². The van der Waals surface area contributed by atoms with Crippen molar-refractivity contribution in [2.45, 2.75) is 45.7 Å². The van der Waals surface area contributed by atoms with Gasteiger partial charge in [-0.05, 0) is 39.5 Å². The zero-order chi connectivity index (χ0) is 14.5. The third kappa shape index (κ3) is 2.02. The topological polar surface area (TPSA) is 62.3 Å². The molecule has 1 aliphatic heterocycles. The van der Waals surface area contributed by atoms with Crippen molar-refractivity contribution < 1.29 is 9.59 Å². The average Bonchev–Trinajstić information content (AvgIpc) is 3.19. The molecule has 6 heteroatoms. The van der Waals surface area contributed by atoms with Gasteiger partial charge in [0.2, 0.25) is 11.8 Å². The Kier molecular flexibility index (Phi) is 3.08. The van der Waals surface area contributed by atoms with E-state index in [-0.39, 0.29) is 24.3 Å². The minimum atomic E-state index is -0.706. The van der Waals surface area contributed by atoms with Crippen molar-refractivity contribution in [1.29, 1.82) is 0 Å². The quantitative estimate of drug-likeness (QED) is 0.916. The summed E-state index contributed by atoms with van der Waals surface area (Å²) in [6, 6.07) is 0. The van der Waals surface area contributed by atoms with Crippen LogP contribution in [0.15, 0.2) is 0 Å². The number of aryl methyl sites for hydroxylation is 2. The first-order valence-electron chi connectivity index (χ1n) is 6.94. The Hall–Kier alpha value is -1.43. The van der Waals surface area contributed by atoms with Gasteiger partial charge in [-0.25, -0.2) is 4.98 Å². The maximum Gasteiger partial charge on any atom is 0.246 e. The van der Waals surface area contributed by atoms with Crippen LogP contribution in [0.5, 0.6) is 0 Å². The molecule has 2 amide bonds. The fourth-order valence-corrected chi connectivity index (χ4v) is 3.78. The van der Waals surface area contributed by atoms with E-state index in [1.807, 2.05) is 20.8 Å². The van der Waals surface area contributed by atoms with Gasteiger partial charge in [-0.15, -0.1) is 11.3 Å². The van der Waals surface area contributed by atoms with E-state index >= 15 is 0 Å². The summed E-state index contributed by atoms with van der Waals surface area (Å²) >= 11 is 1.61. The van der Waals surface area contributed by atoms with E-state index in [2.05, 4.69) is 10.3 Å². The molecule has 1 atom stereocenters. The van der Waals surface area contributed by atoms with Crippen LogP contribution in [-0.4, -0.2) is 33.8 Å². The minimum absolute atomic E-state index is 0.00972. The fourth-order valence-electron chi connectivity index (χ4n) is 2.86. The molecular weight excluding hydrogens is 274 g/mol. The third-order valence-electron chi connectivity index (χ3n) is 4.46. The molecule has 108 valence electrons. The van der Waals surface area contributed by atoms with Gasteiger partial charge in [-0.3, -0.25) is 9.59 Å². The van der Waals surface area contributed by atoms with E-state index in [0.717, 1.165) is 23.5 Å². The van der Waals surface area contributed by atoms with Crippen LogP contribution in [0.2, 0.25) is 0 Å². The van der Waals surface area contributed by atoms with Gasteiger partial charge in [0.1, 0.15) is 10.5 Å². The summed E-state index contributed by atoms with van der Waals surface area (Å²) < 4.78 is 0. The molecule has 2 aliphatic rings. The number of amides is 2. The highest BCUT2D eigenvalue weighted by Gasteiger charge is 2.54. The van der Waals surface area contributed by atoms with Crippen LogP contribution in [0, 0.1) is 19.8 Å². The summed E-state index contributed by atoms with van der Waals surface area (Å²) in [5.74, 6) is 0.253. The van der Waals surface area contributed by atoms with E-state index in [1.54, 1.807) is 16.2 Å². The Morgan fingerprint density at radius 2 is 2.10 bits per heavy atom. The zero-order valence-electron chi connectivity index (χ0n) is 12.0. The maximum atomic E-state index is 12.3. The lowest BCUT2D eigenvalue weighted by atomic mass is 9.90. The molecule has 1 aliphatic carbocycles. The Balaban J connectivity index is 1.91. The van der Waals surface area contributed by atoms with Crippen molar-refractivity contribution in [2.75, 3.05) is 6.54 Å². The Bertz CT molecular complexity index is 559. The molecule has 3 rings (SSSR count). The van der Waals surface area contributed by atoms with Crippen molar-refractivity contribution in [2.24, 2.45) is 5.92 Å². The second-order valence-electron chi connectivity index (χ2n) is 5.83. The molecule has 1 N–H and O–H groups in total. The first-order valence-corrected chi connectivity index (χ1v) is 7.76. The molecule has 0 aromatic carbocycles. The molecule has 2 fully saturated rings. The first-order chi connectivity index (χ1) is 9.42. The second-order valence-corrected chi connectivity index (χ2v) is 7.12. The Labute approximate surface area is 122 Å². The first kappa shape index (κ1) is 13.5. The highest BCUT2D eigenvalue weighted by molar-refractivity contribution is 7.11. The van der Waals surface area contributed by atoms with E-state index in [9.17, 15) is 9.59 Å². The standard InChI is InChI=1S/C14H19N3O2S/c1-8-9(2)20-11(16-8)7-17-12(18)6-15-13(19)14(17,3)10-4-5-10/h10H,4-7H2,1-3H3,(H,15,19). The summed E-state index contributed by atoms with van der Waals surface area (Å²) in [7, 11) is 0. The number of thiazole rings is 1. The fraction of sp³-hybridized carbons (Fsp3) is 0.643. The molecule has 1 aromatic heterocycles. The molecule has 0 bridgehead atoms. The smallest absolute Gasteiger partial charge is 0.246 e. The minimum Gasteiger partial charge on any atom is -0.345 e. The van der Waals surface area contributed by atoms with Gasteiger partial charge in [0, 0.05) is 4.88 Å². The monoisotopic (exact) mass is 293 g/mol. The number of hydrogen-bond donors (Lipinski definition) is 1. The SMILES string of the molecule is Cc1nc(CN2C(=O)CNC(=O)C2(C)C2CC2)sc1C. The third-order valence-corrected chi connectivity index (χ3v) is 5.52. The normalized spacial score (nSPS) is 26.9. The van der Waals surface area contributed by atoms with Gasteiger partial charge in [0.25, 0.3) is 0 Å². The second kappa shape index (κ2) is 4.55. The number of carbonyl (C=O) groups is 2. The van der Waals surface area contributed by atoms with E-state index < -0.39 is 5.54 Å². The highest BCUT2D eigenvalue weighted by atomic mass is 32.1. The van der Waals surface area contributed by atoms with Gasteiger partial charge in [0.05, 0.1) is 18.8 Å². The lowest BCUT2D eigenvalue weighted by Gasteiger charge is -2.43. The average molecular weight is 293 g/mol. The van der Waals surface area contributed by atoms with E-state index in [1.165, 1.54) is 4.88 Å². The van der Waals surface area contributed by atoms with Crippen LogP contribution in [0.4, 0.5) is 0 Å². The van der Waals surface area contributed by atoms with Crippen LogP contribution >= 0.6 is 11.3 Å². The maximum absolute atomic E-state index is 12.3. The summed E-state index contributed by atoms with van der Waals surface area (Å²) in [6.45, 7) is 6.44. The molecule has 20 heavy (non-hydrogen) atoms. The molecule has 0 spiro atoms. The predicted molar refractivity (Wildman–Crippen MR) is 76.3 cm³/mol. The molecule has 1 aromatic rings. The Morgan fingerprint density at radius 1 is 1.40 bits per heavy atom. The van der Waals surface area contributed by atoms with Crippen molar-refractivity contribution in [1.82, 2.24) is 15.2 Å². The van der Waals surface area contributed by atoms with E-state index in [4.69, 9.17) is 0 Å². The van der Waals surface area contributed by atoms with Crippen LogP contribution < -0.4 is 5.32 Å². The van der Waals surface area contributed by atoms with Gasteiger partial charge >= 0.3 is 0 Å². The number of rotatable bonds is 3. The summed E-state index contributed by atoms with van der Waals surface area (Å²) in [6.07, 6.45) is 2.03. The molecule has 0 radical (unpaired) electrons. The molecule has 1 saturated carbocycles. The van der Waals surface area contributed by atoms with Gasteiger partial charge in [-0.1, -0.05) is 0 Å². The van der Waals surface area contributed by atoms with Crippen molar-refractivity contribution in [3.8, 4) is 0 Å². The number of aromatic nitrogens is 1. The number of carbonyl (C=O) groups excluding carboxylic acids is 2. The summed E-state index contributed by atoms with van der Waals surface area (Å²) in [5.41, 5.74) is 0.301. The van der Waals surface area contributed by atoms with E-state index in [0.29, 0.717) is 6.54 Å². The lowest BCUT2D eigenvalue weighted by molar-refractivity contribution is -0.155. The number of piperazine rings is 1. The predicted octanol–water partition coefficient (Wildman–Crippen LogP) is 1.39. The van der Waals surface area contributed by atoms with Crippen LogP contribution in [0.25, 0.3) is 0 Å².